The van der Waals surface area contributed by atoms with E-state index in [0.29, 0.717) is 30.1 Å². The van der Waals surface area contributed by atoms with Gasteiger partial charge in [0.15, 0.2) is 0 Å². The topological polar surface area (TPSA) is 118 Å². The molecule has 190 valence electrons. The Morgan fingerprint density at radius 1 is 1.28 bits per heavy atom. The van der Waals surface area contributed by atoms with Crippen molar-refractivity contribution in [3.05, 3.63) is 53.5 Å². The highest BCUT2D eigenvalue weighted by molar-refractivity contribution is 7.21. The molecule has 11 nitrogen and oxygen atoms in total. The van der Waals surface area contributed by atoms with Crippen molar-refractivity contribution in [2.24, 2.45) is 7.05 Å². The van der Waals surface area contributed by atoms with Crippen molar-refractivity contribution in [2.45, 2.75) is 32.9 Å². The molecule has 2 aliphatic heterocycles. The van der Waals surface area contributed by atoms with Crippen molar-refractivity contribution in [1.29, 1.82) is 0 Å². The number of fused-ring (bicyclic) bond motifs is 1. The molecule has 5 heterocycles. The monoisotopic (exact) mass is 510 g/mol. The van der Waals surface area contributed by atoms with E-state index in [4.69, 9.17) is 4.74 Å². The highest BCUT2D eigenvalue weighted by atomic mass is 32.1. The Morgan fingerprint density at radius 2 is 2.11 bits per heavy atom. The summed E-state index contributed by atoms with van der Waals surface area (Å²) < 4.78 is 9.03. The second-order valence-corrected chi connectivity index (χ2v) is 10.2. The molecule has 2 amide bonds. The molecule has 0 aromatic carbocycles. The minimum Gasteiger partial charge on any atom is -0.381 e. The van der Waals surface area contributed by atoms with Crippen LogP contribution in [0.3, 0.4) is 0 Å². The van der Waals surface area contributed by atoms with Crippen LogP contribution in [0.5, 0.6) is 0 Å². The van der Waals surface area contributed by atoms with Crippen molar-refractivity contribution in [1.82, 2.24) is 40.2 Å². The van der Waals surface area contributed by atoms with E-state index in [1.165, 1.54) is 11.3 Å². The van der Waals surface area contributed by atoms with Gasteiger partial charge < -0.3 is 20.7 Å². The third kappa shape index (κ3) is 5.06. The number of nitrogens with zero attached hydrogens (tertiary/aromatic N) is 5. The zero-order valence-corrected chi connectivity index (χ0v) is 21.6. The van der Waals surface area contributed by atoms with Crippen LogP contribution in [0.2, 0.25) is 0 Å². The standard InChI is InChI=1S/C24H30N8O3S/c1-14-10-31(5-6-35-14)13-22(33)27-17-7-20(16(3)25-8-17)28-23(34)18-9-26-32-12-21(36-24(18)32)19-11-30(4)29-15(19)2/h7-9,11-12,14,16,25H,5-6,10,13H2,1-4H3,(H,27,33)(H,28,34). The van der Waals surface area contributed by atoms with E-state index in [1.807, 2.05) is 40.2 Å². The molecule has 2 aliphatic rings. The van der Waals surface area contributed by atoms with Crippen LogP contribution in [0, 0.1) is 6.92 Å². The number of allylic oxidation sites excluding steroid dienone is 1. The molecule has 3 aromatic rings. The third-order valence-electron chi connectivity index (χ3n) is 6.22. The molecule has 12 heteroatoms. The highest BCUT2D eigenvalue weighted by Gasteiger charge is 2.23. The van der Waals surface area contributed by atoms with Gasteiger partial charge in [-0.15, -0.1) is 11.3 Å². The quantitative estimate of drug-likeness (QED) is 0.459. The van der Waals surface area contributed by atoms with Gasteiger partial charge in [0.25, 0.3) is 5.91 Å². The van der Waals surface area contributed by atoms with Crippen LogP contribution in [-0.2, 0) is 16.6 Å². The first-order valence-corrected chi connectivity index (χ1v) is 12.7. The van der Waals surface area contributed by atoms with Gasteiger partial charge in [0.2, 0.25) is 5.91 Å². The Morgan fingerprint density at radius 3 is 2.86 bits per heavy atom. The normalized spacial score (nSPS) is 20.6. The Labute approximate surface area is 212 Å². The summed E-state index contributed by atoms with van der Waals surface area (Å²) in [6.45, 7) is 8.28. The molecule has 0 aliphatic carbocycles. The average molecular weight is 511 g/mol. The summed E-state index contributed by atoms with van der Waals surface area (Å²) >= 11 is 1.50. The maximum atomic E-state index is 13.2. The summed E-state index contributed by atoms with van der Waals surface area (Å²) in [6, 6.07) is -0.127. The van der Waals surface area contributed by atoms with Crippen molar-refractivity contribution >= 4 is 28.0 Å². The van der Waals surface area contributed by atoms with Gasteiger partial charge in [-0.05, 0) is 26.8 Å². The first-order valence-electron chi connectivity index (χ1n) is 11.9. The Bertz CT molecular complexity index is 1370. The molecule has 2 unspecified atom stereocenters. The van der Waals surface area contributed by atoms with E-state index >= 15 is 0 Å². The zero-order valence-electron chi connectivity index (χ0n) is 20.7. The molecular formula is C24H30N8O3S. The summed E-state index contributed by atoms with van der Waals surface area (Å²) in [5.41, 5.74) is 3.69. The lowest BCUT2D eigenvalue weighted by molar-refractivity contribution is -0.123. The molecular weight excluding hydrogens is 480 g/mol. The number of rotatable bonds is 6. The predicted octanol–water partition coefficient (Wildman–Crippen LogP) is 1.39. The molecule has 1 saturated heterocycles. The molecule has 1 fully saturated rings. The van der Waals surface area contributed by atoms with E-state index < -0.39 is 0 Å². The van der Waals surface area contributed by atoms with Gasteiger partial charge in [-0.25, -0.2) is 4.52 Å². The van der Waals surface area contributed by atoms with Gasteiger partial charge in [-0.3, -0.25) is 19.2 Å². The van der Waals surface area contributed by atoms with Crippen molar-refractivity contribution in [2.75, 3.05) is 26.2 Å². The summed E-state index contributed by atoms with van der Waals surface area (Å²) in [7, 11) is 1.88. The maximum absolute atomic E-state index is 13.2. The number of hydrogen-bond donors (Lipinski definition) is 3. The average Bonchev–Trinajstić information content (AvgIpc) is 3.49. The summed E-state index contributed by atoms with van der Waals surface area (Å²) in [4.78, 5) is 29.6. The van der Waals surface area contributed by atoms with Crippen LogP contribution in [0.1, 0.15) is 29.9 Å². The number of nitrogens with one attached hydrogen (secondary N) is 3. The molecule has 36 heavy (non-hydrogen) atoms. The number of carbonyl (C=O) groups is 2. The first kappa shape index (κ1) is 24.2. The summed E-state index contributed by atoms with van der Waals surface area (Å²) in [6.07, 6.45) is 9.11. The molecule has 3 aromatic heterocycles. The van der Waals surface area contributed by atoms with Crippen molar-refractivity contribution in [3.63, 3.8) is 0 Å². The Hall–Kier alpha value is -3.48. The fraction of sp³-hybridized carbons (Fsp3) is 0.417. The molecule has 0 spiro atoms. The summed E-state index contributed by atoms with van der Waals surface area (Å²) in [5.74, 6) is -0.361. The van der Waals surface area contributed by atoms with Crippen LogP contribution >= 0.6 is 11.3 Å². The summed E-state index contributed by atoms with van der Waals surface area (Å²) in [5, 5.41) is 17.9. The number of ether oxygens (including phenoxy) is 1. The van der Waals surface area contributed by atoms with Gasteiger partial charge in [0, 0.05) is 50.0 Å². The molecule has 2 atom stereocenters. The minimum absolute atomic E-state index is 0.108. The van der Waals surface area contributed by atoms with Crippen LogP contribution in [0.15, 0.2) is 42.3 Å². The van der Waals surface area contributed by atoms with Gasteiger partial charge in [-0.2, -0.15) is 10.2 Å². The lowest BCUT2D eigenvalue weighted by Crippen LogP contribution is -2.46. The molecule has 0 radical (unpaired) electrons. The molecule has 3 N–H and O–H groups in total. The van der Waals surface area contributed by atoms with Crippen LogP contribution in [0.4, 0.5) is 0 Å². The van der Waals surface area contributed by atoms with E-state index in [9.17, 15) is 9.59 Å². The second-order valence-electron chi connectivity index (χ2n) is 9.21. The Balaban J connectivity index is 1.27. The van der Waals surface area contributed by atoms with Crippen molar-refractivity contribution < 1.29 is 14.3 Å². The van der Waals surface area contributed by atoms with Gasteiger partial charge in [0.1, 0.15) is 4.83 Å². The minimum atomic E-state index is -0.254. The number of morpholine rings is 1. The van der Waals surface area contributed by atoms with Crippen LogP contribution in [-0.4, -0.2) is 74.5 Å². The number of amides is 2. The smallest absolute Gasteiger partial charge is 0.260 e. The third-order valence-corrected chi connectivity index (χ3v) is 7.37. The molecule has 0 saturated carbocycles. The number of dihydropyridines is 1. The maximum Gasteiger partial charge on any atom is 0.260 e. The van der Waals surface area contributed by atoms with Crippen LogP contribution < -0.4 is 16.0 Å². The predicted molar refractivity (Wildman–Crippen MR) is 136 cm³/mol. The lowest BCUT2D eigenvalue weighted by atomic mass is 10.1. The zero-order chi connectivity index (χ0) is 25.4. The van der Waals surface area contributed by atoms with Gasteiger partial charge in [-0.1, -0.05) is 0 Å². The number of hydrogen-bond acceptors (Lipinski definition) is 8. The van der Waals surface area contributed by atoms with Crippen molar-refractivity contribution in [3.8, 4) is 10.4 Å². The number of carbonyl (C=O) groups excluding carboxylic acids is 2. The second kappa shape index (κ2) is 9.88. The molecule has 5 rings (SSSR count). The van der Waals surface area contributed by atoms with Gasteiger partial charge in [0.05, 0.1) is 53.3 Å². The molecule has 0 bridgehead atoms. The van der Waals surface area contributed by atoms with E-state index in [2.05, 4.69) is 31.0 Å². The lowest BCUT2D eigenvalue weighted by Gasteiger charge is -2.30. The van der Waals surface area contributed by atoms with Gasteiger partial charge >= 0.3 is 0 Å². The largest absolute Gasteiger partial charge is 0.381 e. The number of aryl methyl sites for hydroxylation is 2. The SMILES string of the molecule is Cc1nn(C)cc1-c1cn2ncc(C(=O)NC3=CC(NC(=O)CN4CCOC(C)C4)=CNC3C)c2s1. The fourth-order valence-corrected chi connectivity index (χ4v) is 5.52. The van der Waals surface area contributed by atoms with E-state index in [-0.39, 0.29) is 24.0 Å². The van der Waals surface area contributed by atoms with Crippen LogP contribution in [0.25, 0.3) is 15.3 Å². The number of aromatic nitrogens is 4. The Kier molecular flexibility index (Phi) is 6.65. The first-order chi connectivity index (χ1) is 17.3. The van der Waals surface area contributed by atoms with E-state index in [1.54, 1.807) is 27.7 Å². The number of thiazole rings is 1. The fourth-order valence-electron chi connectivity index (χ4n) is 4.40. The van der Waals surface area contributed by atoms with E-state index in [0.717, 1.165) is 34.1 Å². The highest BCUT2D eigenvalue weighted by Crippen LogP contribution is 2.32.